The first-order valence-electron chi connectivity index (χ1n) is 7.94. The number of nitrogens with one attached hydrogen (secondary N) is 2. The zero-order valence-corrected chi connectivity index (χ0v) is 14.6. The number of likely N-dealkylation sites (tertiary alicyclic amines) is 1. The van der Waals surface area contributed by atoms with E-state index in [1.54, 1.807) is 35.3 Å². The fourth-order valence-corrected chi connectivity index (χ4v) is 3.61. The number of amides is 3. The van der Waals surface area contributed by atoms with Crippen LogP contribution in [0.15, 0.2) is 23.0 Å². The van der Waals surface area contributed by atoms with Crippen molar-refractivity contribution in [3.05, 3.63) is 34.3 Å². The Morgan fingerprint density at radius 2 is 2.21 bits per heavy atom. The lowest BCUT2D eigenvalue weighted by molar-refractivity contribution is 0.0956. The number of hydrogen-bond donors (Lipinski definition) is 2. The van der Waals surface area contributed by atoms with Gasteiger partial charge in [0.1, 0.15) is 5.69 Å². The summed E-state index contributed by atoms with van der Waals surface area (Å²) in [6, 6.07) is 1.71. The molecule has 3 heterocycles. The van der Waals surface area contributed by atoms with E-state index < -0.39 is 0 Å². The maximum Gasteiger partial charge on any atom is 0.321 e. The van der Waals surface area contributed by atoms with Crippen molar-refractivity contribution in [3.8, 4) is 0 Å². The fraction of sp³-hybridized carbons (Fsp3) is 0.438. The van der Waals surface area contributed by atoms with Gasteiger partial charge in [0.2, 0.25) is 0 Å². The summed E-state index contributed by atoms with van der Waals surface area (Å²) in [6.07, 6.45) is 3.66. The molecule has 0 aliphatic carbocycles. The van der Waals surface area contributed by atoms with Crippen molar-refractivity contribution in [1.29, 1.82) is 0 Å². The summed E-state index contributed by atoms with van der Waals surface area (Å²) in [6.45, 7) is 3.30. The number of carbonyl (C=O) groups is 2. The summed E-state index contributed by atoms with van der Waals surface area (Å²) in [4.78, 5) is 25.9. The Morgan fingerprint density at radius 3 is 2.92 bits per heavy atom. The van der Waals surface area contributed by atoms with E-state index in [1.807, 2.05) is 22.6 Å². The monoisotopic (exact) mass is 347 g/mol. The molecule has 2 aromatic rings. The van der Waals surface area contributed by atoms with Crippen LogP contribution in [0, 0.1) is 6.92 Å². The van der Waals surface area contributed by atoms with Crippen LogP contribution in [0.3, 0.4) is 0 Å². The van der Waals surface area contributed by atoms with Gasteiger partial charge in [-0.3, -0.25) is 9.48 Å². The Hall–Kier alpha value is -2.35. The Kier molecular flexibility index (Phi) is 4.84. The van der Waals surface area contributed by atoms with Crippen LogP contribution >= 0.6 is 11.3 Å². The van der Waals surface area contributed by atoms with Gasteiger partial charge < -0.3 is 15.5 Å². The van der Waals surface area contributed by atoms with Crippen molar-refractivity contribution < 1.29 is 9.59 Å². The highest BCUT2D eigenvalue weighted by molar-refractivity contribution is 7.08. The second kappa shape index (κ2) is 7.04. The summed E-state index contributed by atoms with van der Waals surface area (Å²) in [5.74, 6) is -0.202. The van der Waals surface area contributed by atoms with E-state index in [2.05, 4.69) is 15.7 Å². The fourth-order valence-electron chi connectivity index (χ4n) is 2.83. The summed E-state index contributed by atoms with van der Waals surface area (Å²) in [7, 11) is 1.58. The van der Waals surface area contributed by atoms with Crippen molar-refractivity contribution in [3.63, 3.8) is 0 Å². The molecule has 8 heteroatoms. The number of nitrogens with zero attached hydrogens (tertiary/aromatic N) is 3. The van der Waals surface area contributed by atoms with Crippen LogP contribution in [0.5, 0.6) is 0 Å². The van der Waals surface area contributed by atoms with Gasteiger partial charge in [-0.05, 0) is 36.8 Å². The number of piperidine rings is 1. The van der Waals surface area contributed by atoms with Crippen molar-refractivity contribution in [2.24, 2.45) is 0 Å². The van der Waals surface area contributed by atoms with Gasteiger partial charge in [0.05, 0.1) is 11.7 Å². The van der Waals surface area contributed by atoms with Gasteiger partial charge in [-0.25, -0.2) is 4.79 Å². The summed E-state index contributed by atoms with van der Waals surface area (Å²) in [5, 5.41) is 13.8. The molecular weight excluding hydrogens is 326 g/mol. The highest BCUT2D eigenvalue weighted by Crippen LogP contribution is 2.24. The molecule has 128 valence electrons. The van der Waals surface area contributed by atoms with Gasteiger partial charge in [-0.2, -0.15) is 5.10 Å². The lowest BCUT2D eigenvalue weighted by Gasteiger charge is -2.32. The van der Waals surface area contributed by atoms with Gasteiger partial charge in [0.15, 0.2) is 0 Å². The second-order valence-corrected chi connectivity index (χ2v) is 6.64. The predicted octanol–water partition coefficient (Wildman–Crippen LogP) is 2.48. The standard InChI is InChI=1S/C16H21N5O2S/c1-11-9-24-10-14(11)18-16(23)20-6-3-4-12(8-20)21-7-5-13(19-21)15(22)17-2/h5,7,9-10,12H,3-4,6,8H2,1-2H3,(H,17,22)(H,18,23). The van der Waals surface area contributed by atoms with E-state index in [1.165, 1.54) is 0 Å². The van der Waals surface area contributed by atoms with Gasteiger partial charge in [0.25, 0.3) is 5.91 Å². The summed E-state index contributed by atoms with van der Waals surface area (Å²) >= 11 is 1.57. The lowest BCUT2D eigenvalue weighted by atomic mass is 10.1. The predicted molar refractivity (Wildman–Crippen MR) is 93.5 cm³/mol. The first kappa shape index (κ1) is 16.5. The van der Waals surface area contributed by atoms with Gasteiger partial charge in [-0.1, -0.05) is 0 Å². The van der Waals surface area contributed by atoms with Gasteiger partial charge in [-0.15, -0.1) is 11.3 Å². The van der Waals surface area contributed by atoms with Crippen molar-refractivity contribution in [2.75, 3.05) is 25.5 Å². The highest BCUT2D eigenvalue weighted by Gasteiger charge is 2.26. The van der Waals surface area contributed by atoms with Crippen LogP contribution in [-0.2, 0) is 0 Å². The molecule has 7 nitrogen and oxygen atoms in total. The molecule has 1 unspecified atom stereocenters. The number of thiophene rings is 1. The minimum absolute atomic E-state index is 0.0834. The normalized spacial score (nSPS) is 17.6. The smallest absolute Gasteiger partial charge is 0.321 e. The van der Waals surface area contributed by atoms with E-state index in [-0.39, 0.29) is 18.0 Å². The van der Waals surface area contributed by atoms with Crippen LogP contribution in [0.2, 0.25) is 0 Å². The lowest BCUT2D eigenvalue weighted by Crippen LogP contribution is -2.43. The molecule has 0 bridgehead atoms. The maximum absolute atomic E-state index is 12.5. The molecule has 0 saturated carbocycles. The number of carbonyl (C=O) groups excluding carboxylic acids is 2. The molecule has 0 radical (unpaired) electrons. The number of aromatic nitrogens is 2. The minimum Gasteiger partial charge on any atom is -0.354 e. The Labute approximate surface area is 144 Å². The number of anilines is 1. The zero-order valence-electron chi connectivity index (χ0n) is 13.8. The largest absolute Gasteiger partial charge is 0.354 e. The van der Waals surface area contributed by atoms with Crippen LogP contribution in [-0.4, -0.2) is 46.8 Å². The Balaban J connectivity index is 1.65. The topological polar surface area (TPSA) is 79.3 Å². The van der Waals surface area contributed by atoms with E-state index in [9.17, 15) is 9.59 Å². The first-order valence-corrected chi connectivity index (χ1v) is 8.88. The van der Waals surface area contributed by atoms with Crippen molar-refractivity contribution in [2.45, 2.75) is 25.8 Å². The molecule has 1 aliphatic heterocycles. The van der Waals surface area contributed by atoms with Crippen LogP contribution in [0.25, 0.3) is 0 Å². The Morgan fingerprint density at radius 1 is 1.38 bits per heavy atom. The molecule has 1 aliphatic rings. The molecule has 24 heavy (non-hydrogen) atoms. The average Bonchev–Trinajstić information content (AvgIpc) is 3.24. The average molecular weight is 347 g/mol. The van der Waals surface area contributed by atoms with E-state index in [0.29, 0.717) is 12.2 Å². The van der Waals surface area contributed by atoms with E-state index in [4.69, 9.17) is 0 Å². The van der Waals surface area contributed by atoms with Crippen LogP contribution in [0.1, 0.15) is 34.9 Å². The minimum atomic E-state index is -0.202. The van der Waals surface area contributed by atoms with Gasteiger partial charge in [0, 0.05) is 31.7 Å². The maximum atomic E-state index is 12.5. The zero-order chi connectivity index (χ0) is 17.1. The number of urea groups is 1. The quantitative estimate of drug-likeness (QED) is 0.895. The molecule has 0 spiro atoms. The summed E-state index contributed by atoms with van der Waals surface area (Å²) < 4.78 is 1.79. The van der Waals surface area contributed by atoms with Gasteiger partial charge >= 0.3 is 6.03 Å². The molecule has 1 fully saturated rings. The molecule has 2 aromatic heterocycles. The highest BCUT2D eigenvalue weighted by atomic mass is 32.1. The summed E-state index contributed by atoms with van der Waals surface area (Å²) in [5.41, 5.74) is 2.34. The Bertz CT molecular complexity index is 738. The number of aryl methyl sites for hydroxylation is 1. The molecule has 3 amide bonds. The second-order valence-electron chi connectivity index (χ2n) is 5.90. The molecule has 3 rings (SSSR count). The third kappa shape index (κ3) is 3.43. The number of rotatable bonds is 3. The molecule has 0 aromatic carbocycles. The molecule has 1 atom stereocenters. The molecular formula is C16H21N5O2S. The third-order valence-electron chi connectivity index (χ3n) is 4.22. The molecule has 1 saturated heterocycles. The van der Waals surface area contributed by atoms with E-state index in [0.717, 1.165) is 30.6 Å². The SMILES string of the molecule is CNC(=O)c1ccn(C2CCCN(C(=O)Nc3cscc3C)C2)n1. The van der Waals surface area contributed by atoms with Crippen molar-refractivity contribution in [1.82, 2.24) is 20.0 Å². The van der Waals surface area contributed by atoms with Crippen LogP contribution < -0.4 is 10.6 Å². The third-order valence-corrected chi connectivity index (χ3v) is 5.08. The number of hydrogen-bond acceptors (Lipinski definition) is 4. The van der Waals surface area contributed by atoms with Crippen molar-refractivity contribution >= 4 is 29.0 Å². The molecule has 2 N–H and O–H groups in total. The first-order chi connectivity index (χ1) is 11.6. The van der Waals surface area contributed by atoms with Crippen LogP contribution in [0.4, 0.5) is 10.5 Å². The van der Waals surface area contributed by atoms with E-state index >= 15 is 0 Å².